The van der Waals surface area contributed by atoms with E-state index >= 15 is 0 Å². The molecule has 0 fully saturated rings. The molecule has 1 rings (SSSR count). The summed E-state index contributed by atoms with van der Waals surface area (Å²) >= 11 is 0. The molecule has 0 saturated heterocycles. The minimum absolute atomic E-state index is 0.127. The monoisotopic (exact) mass is 344 g/mol. The van der Waals surface area contributed by atoms with Gasteiger partial charge in [0, 0.05) is 0 Å². The smallest absolute Gasteiger partial charge is 0.0574 e. The van der Waals surface area contributed by atoms with Gasteiger partial charge in [0.1, 0.15) is 0 Å². The zero-order valence-corrected chi connectivity index (χ0v) is 16.5. The van der Waals surface area contributed by atoms with Crippen LogP contribution in [0.4, 0.5) is 0 Å². The van der Waals surface area contributed by atoms with E-state index in [1.54, 1.807) is 0 Å². The van der Waals surface area contributed by atoms with Crippen molar-refractivity contribution in [3.05, 3.63) is 48.0 Å². The van der Waals surface area contributed by atoms with Crippen molar-refractivity contribution in [1.82, 2.24) is 0 Å². The van der Waals surface area contributed by atoms with E-state index in [2.05, 4.69) is 49.4 Å². The predicted octanol–water partition coefficient (Wildman–Crippen LogP) is 7.24. The third-order valence-corrected chi connectivity index (χ3v) is 4.89. The van der Waals surface area contributed by atoms with Gasteiger partial charge in [-0.3, -0.25) is 0 Å². The molecule has 0 aliphatic heterocycles. The Bertz CT molecular complexity index is 409. The molecule has 0 aliphatic carbocycles. The summed E-state index contributed by atoms with van der Waals surface area (Å²) < 4.78 is 0. The number of allylic oxidation sites excluding steroid dienone is 1. The van der Waals surface area contributed by atoms with Crippen molar-refractivity contribution in [2.24, 2.45) is 0 Å². The van der Waals surface area contributed by atoms with Gasteiger partial charge in [-0.25, -0.2) is 0 Å². The van der Waals surface area contributed by atoms with Gasteiger partial charge in [0.2, 0.25) is 0 Å². The highest BCUT2D eigenvalue weighted by molar-refractivity contribution is 5.14. The van der Waals surface area contributed by atoms with Gasteiger partial charge in [-0.2, -0.15) is 0 Å². The van der Waals surface area contributed by atoms with Crippen molar-refractivity contribution < 1.29 is 5.11 Å². The number of unbranched alkanes of at least 4 members (excludes halogenated alkanes) is 9. The second kappa shape index (κ2) is 16.4. The van der Waals surface area contributed by atoms with Crippen molar-refractivity contribution >= 4 is 0 Å². The summed E-state index contributed by atoms with van der Waals surface area (Å²) in [6.07, 6.45) is 21.6. The number of rotatable bonds is 16. The Hall–Kier alpha value is -1.08. The van der Waals surface area contributed by atoms with Crippen molar-refractivity contribution in [2.75, 3.05) is 0 Å². The van der Waals surface area contributed by atoms with Gasteiger partial charge in [-0.1, -0.05) is 101 Å². The van der Waals surface area contributed by atoms with Gasteiger partial charge >= 0.3 is 0 Å². The van der Waals surface area contributed by atoms with Crippen LogP contribution in [0.2, 0.25) is 0 Å². The Morgan fingerprint density at radius 3 is 2.24 bits per heavy atom. The van der Waals surface area contributed by atoms with Crippen molar-refractivity contribution in [1.29, 1.82) is 0 Å². The first-order valence-corrected chi connectivity index (χ1v) is 10.7. The van der Waals surface area contributed by atoms with E-state index in [4.69, 9.17) is 0 Å². The molecule has 1 aromatic carbocycles. The molecule has 0 unspecified atom stereocenters. The number of aliphatic hydroxyl groups is 1. The lowest BCUT2D eigenvalue weighted by Crippen LogP contribution is -2.04. The molecule has 1 atom stereocenters. The molecule has 0 saturated carbocycles. The van der Waals surface area contributed by atoms with Gasteiger partial charge in [-0.05, 0) is 44.1 Å². The summed E-state index contributed by atoms with van der Waals surface area (Å²) in [5.41, 5.74) is 1.47. The Morgan fingerprint density at radius 2 is 1.48 bits per heavy atom. The van der Waals surface area contributed by atoms with Gasteiger partial charge in [0.25, 0.3) is 0 Å². The Kier molecular flexibility index (Phi) is 14.4. The van der Waals surface area contributed by atoms with E-state index in [-0.39, 0.29) is 6.10 Å². The van der Waals surface area contributed by atoms with Crippen LogP contribution >= 0.6 is 0 Å². The summed E-state index contributed by atoms with van der Waals surface area (Å²) in [4.78, 5) is 0. The second-order valence-corrected chi connectivity index (χ2v) is 7.36. The van der Waals surface area contributed by atoms with Crippen molar-refractivity contribution in [2.45, 2.75) is 103 Å². The molecule has 0 aromatic heterocycles. The van der Waals surface area contributed by atoms with Gasteiger partial charge in [-0.15, -0.1) is 0 Å². The highest BCUT2D eigenvalue weighted by Gasteiger charge is 2.00. The van der Waals surface area contributed by atoms with Crippen LogP contribution in [-0.2, 0) is 6.42 Å². The molecule has 1 heteroatoms. The zero-order chi connectivity index (χ0) is 18.0. The molecule has 0 amide bonds. The summed E-state index contributed by atoms with van der Waals surface area (Å²) in [6.45, 7) is 2.23. The molecule has 0 heterocycles. The first-order chi connectivity index (χ1) is 12.3. The van der Waals surface area contributed by atoms with Gasteiger partial charge in [0.15, 0.2) is 0 Å². The van der Waals surface area contributed by atoms with Crippen LogP contribution in [0, 0.1) is 0 Å². The molecule has 0 spiro atoms. The first kappa shape index (κ1) is 22.0. The molecule has 1 nitrogen and oxygen atoms in total. The van der Waals surface area contributed by atoms with Crippen LogP contribution in [0.5, 0.6) is 0 Å². The molecular weight excluding hydrogens is 304 g/mol. The van der Waals surface area contributed by atoms with E-state index in [1.165, 1.54) is 82.6 Å². The zero-order valence-electron chi connectivity index (χ0n) is 16.5. The average molecular weight is 345 g/mol. The quantitative estimate of drug-likeness (QED) is 0.247. The van der Waals surface area contributed by atoms with Gasteiger partial charge in [0.05, 0.1) is 6.10 Å². The lowest BCUT2D eigenvalue weighted by atomic mass is 10.0. The maximum Gasteiger partial charge on any atom is 0.0574 e. The number of aliphatic hydroxyl groups excluding tert-OH is 1. The summed E-state index contributed by atoms with van der Waals surface area (Å²) in [6, 6.07) is 10.8. The molecule has 0 radical (unpaired) electrons. The lowest BCUT2D eigenvalue weighted by Gasteiger charge is -2.07. The topological polar surface area (TPSA) is 20.2 Å². The normalized spacial score (nSPS) is 12.7. The maximum atomic E-state index is 9.90. The van der Waals surface area contributed by atoms with Crippen LogP contribution < -0.4 is 0 Å². The molecular formula is C24H40O. The Labute approximate surface area is 156 Å². The number of hydrogen-bond donors (Lipinski definition) is 1. The van der Waals surface area contributed by atoms with E-state index in [0.29, 0.717) is 0 Å². The lowest BCUT2D eigenvalue weighted by molar-refractivity contribution is 0.163. The molecule has 1 N–H and O–H groups in total. The molecule has 142 valence electrons. The molecule has 25 heavy (non-hydrogen) atoms. The summed E-state index contributed by atoms with van der Waals surface area (Å²) in [5, 5.41) is 9.90. The fourth-order valence-electron chi connectivity index (χ4n) is 3.24. The van der Waals surface area contributed by atoms with E-state index in [1.807, 2.05) is 0 Å². The van der Waals surface area contributed by atoms with Crippen LogP contribution in [0.25, 0.3) is 0 Å². The first-order valence-electron chi connectivity index (χ1n) is 10.7. The minimum Gasteiger partial charge on any atom is -0.393 e. The van der Waals surface area contributed by atoms with Crippen LogP contribution in [0.15, 0.2) is 42.5 Å². The predicted molar refractivity (Wildman–Crippen MR) is 111 cm³/mol. The Balaban J connectivity index is 1.83. The van der Waals surface area contributed by atoms with E-state index < -0.39 is 0 Å². The molecule has 0 aliphatic rings. The van der Waals surface area contributed by atoms with Crippen LogP contribution in [0.3, 0.4) is 0 Å². The van der Waals surface area contributed by atoms with Crippen molar-refractivity contribution in [3.63, 3.8) is 0 Å². The summed E-state index contributed by atoms with van der Waals surface area (Å²) in [5.74, 6) is 0. The summed E-state index contributed by atoms with van der Waals surface area (Å²) in [7, 11) is 0. The standard InChI is InChI=1S/C24H40O/c1-2-3-4-16-21-24(25)22-17-11-9-7-5-6-8-10-13-18-23-19-14-12-15-20-23/h11-12,14-15,17,19-20,24-25H,2-10,13,16,18,21-22H2,1H3/b17-11-/t24-/m1/s1. The van der Waals surface area contributed by atoms with Crippen LogP contribution in [-0.4, -0.2) is 11.2 Å². The minimum atomic E-state index is -0.127. The average Bonchev–Trinajstić information content (AvgIpc) is 2.64. The second-order valence-electron chi connectivity index (χ2n) is 7.36. The maximum absolute atomic E-state index is 9.90. The van der Waals surface area contributed by atoms with Gasteiger partial charge < -0.3 is 5.11 Å². The Morgan fingerprint density at radius 1 is 0.800 bits per heavy atom. The highest BCUT2D eigenvalue weighted by atomic mass is 16.3. The highest BCUT2D eigenvalue weighted by Crippen LogP contribution is 2.12. The fourth-order valence-corrected chi connectivity index (χ4v) is 3.24. The number of benzene rings is 1. The molecule has 1 aromatic rings. The third kappa shape index (κ3) is 13.8. The number of aryl methyl sites for hydroxylation is 1. The van der Waals surface area contributed by atoms with Crippen LogP contribution in [0.1, 0.15) is 96.0 Å². The van der Waals surface area contributed by atoms with E-state index in [0.717, 1.165) is 12.8 Å². The molecule has 0 bridgehead atoms. The van der Waals surface area contributed by atoms with Crippen molar-refractivity contribution in [3.8, 4) is 0 Å². The van der Waals surface area contributed by atoms with E-state index in [9.17, 15) is 5.11 Å². The fraction of sp³-hybridized carbons (Fsp3) is 0.667. The SMILES string of the molecule is CCCCCC[C@@H](O)C/C=C\CCCCCCCCc1ccccc1. The largest absolute Gasteiger partial charge is 0.393 e. The number of hydrogen-bond acceptors (Lipinski definition) is 1. The third-order valence-electron chi connectivity index (χ3n) is 4.89.